The summed E-state index contributed by atoms with van der Waals surface area (Å²) in [6.45, 7) is 4.02. The molecule has 0 amide bonds. The molecule has 0 fully saturated rings. The lowest BCUT2D eigenvalue weighted by molar-refractivity contribution is 0.0699. The number of carbonyl (C=O) groups is 1. The van der Waals surface area contributed by atoms with Crippen LogP contribution in [0, 0.1) is 13.8 Å². The van der Waals surface area contributed by atoms with Crippen LogP contribution in [0.25, 0.3) is 22.2 Å². The van der Waals surface area contributed by atoms with Gasteiger partial charge in [-0.1, -0.05) is 33.6 Å². The normalized spacial score (nSPS) is 10.9. The van der Waals surface area contributed by atoms with Gasteiger partial charge in [0, 0.05) is 15.4 Å². The Labute approximate surface area is 136 Å². The predicted octanol–water partition coefficient (Wildman–Crippen LogP) is 4.98. The number of carboxylic acid groups (broad SMARTS) is 1. The molecule has 0 aliphatic rings. The average Bonchev–Trinajstić information content (AvgIpc) is 2.48. The number of aromatic carboxylic acids is 1. The third kappa shape index (κ3) is 2.62. The van der Waals surface area contributed by atoms with Crippen molar-refractivity contribution in [3.8, 4) is 11.3 Å². The van der Waals surface area contributed by atoms with Crippen LogP contribution < -0.4 is 0 Å². The Kier molecular flexibility index (Phi) is 3.71. The smallest absolute Gasteiger partial charge is 0.336 e. The van der Waals surface area contributed by atoms with E-state index in [1.807, 2.05) is 44.2 Å². The van der Waals surface area contributed by atoms with Gasteiger partial charge in [0.1, 0.15) is 0 Å². The van der Waals surface area contributed by atoms with E-state index in [0.29, 0.717) is 16.6 Å². The van der Waals surface area contributed by atoms with Crippen molar-refractivity contribution in [1.82, 2.24) is 4.98 Å². The van der Waals surface area contributed by atoms with Gasteiger partial charge in [0.05, 0.1) is 16.8 Å². The number of hydrogen-bond donors (Lipinski definition) is 1. The van der Waals surface area contributed by atoms with Crippen LogP contribution in [0.2, 0.25) is 0 Å². The third-order valence-electron chi connectivity index (χ3n) is 3.67. The summed E-state index contributed by atoms with van der Waals surface area (Å²) in [5.74, 6) is -0.947. The molecule has 3 rings (SSSR count). The molecular formula is C18H14BrNO2. The molecule has 1 N–H and O–H groups in total. The molecule has 22 heavy (non-hydrogen) atoms. The summed E-state index contributed by atoms with van der Waals surface area (Å²) in [6.07, 6.45) is 0. The van der Waals surface area contributed by atoms with Crippen LogP contribution in [0.5, 0.6) is 0 Å². The highest BCUT2D eigenvalue weighted by molar-refractivity contribution is 9.10. The van der Waals surface area contributed by atoms with Crippen molar-refractivity contribution < 1.29 is 9.90 Å². The first-order chi connectivity index (χ1) is 10.5. The molecule has 4 heteroatoms. The highest BCUT2D eigenvalue weighted by atomic mass is 79.9. The van der Waals surface area contributed by atoms with Gasteiger partial charge in [-0.05, 0) is 49.7 Å². The van der Waals surface area contributed by atoms with Gasteiger partial charge in [0.25, 0.3) is 0 Å². The van der Waals surface area contributed by atoms with Crippen LogP contribution in [-0.2, 0) is 0 Å². The number of benzene rings is 2. The summed E-state index contributed by atoms with van der Waals surface area (Å²) in [7, 11) is 0. The SMILES string of the molecule is Cc1ccc(C)c(-c2cc(C(=O)O)c3cc(Br)ccc3n2)c1. The summed E-state index contributed by atoms with van der Waals surface area (Å²) in [4.78, 5) is 16.3. The molecule has 0 atom stereocenters. The lowest BCUT2D eigenvalue weighted by Crippen LogP contribution is -2.01. The largest absolute Gasteiger partial charge is 0.478 e. The second kappa shape index (κ2) is 5.54. The molecule has 1 aromatic heterocycles. The maximum absolute atomic E-state index is 11.6. The molecule has 1 heterocycles. The van der Waals surface area contributed by atoms with Gasteiger partial charge in [-0.2, -0.15) is 0 Å². The zero-order valence-electron chi connectivity index (χ0n) is 12.2. The van der Waals surface area contributed by atoms with Gasteiger partial charge in [-0.15, -0.1) is 0 Å². The number of pyridine rings is 1. The van der Waals surface area contributed by atoms with Crippen molar-refractivity contribution in [3.63, 3.8) is 0 Å². The van der Waals surface area contributed by atoms with Crippen molar-refractivity contribution in [2.45, 2.75) is 13.8 Å². The monoisotopic (exact) mass is 355 g/mol. The molecule has 0 bridgehead atoms. The Morgan fingerprint density at radius 2 is 1.86 bits per heavy atom. The number of aromatic nitrogens is 1. The molecule has 110 valence electrons. The van der Waals surface area contributed by atoms with Crippen molar-refractivity contribution in [1.29, 1.82) is 0 Å². The van der Waals surface area contributed by atoms with Crippen molar-refractivity contribution in [2.75, 3.05) is 0 Å². The predicted molar refractivity (Wildman–Crippen MR) is 91.3 cm³/mol. The van der Waals surface area contributed by atoms with Crippen LogP contribution >= 0.6 is 15.9 Å². The first-order valence-corrected chi connectivity index (χ1v) is 7.66. The van der Waals surface area contributed by atoms with E-state index < -0.39 is 5.97 Å². The Morgan fingerprint density at radius 1 is 1.09 bits per heavy atom. The summed E-state index contributed by atoms with van der Waals surface area (Å²) < 4.78 is 0.837. The molecule has 0 radical (unpaired) electrons. The number of fused-ring (bicyclic) bond motifs is 1. The molecule has 0 aliphatic heterocycles. The van der Waals surface area contributed by atoms with Crippen LogP contribution in [0.4, 0.5) is 0 Å². The highest BCUT2D eigenvalue weighted by Gasteiger charge is 2.14. The molecule has 3 aromatic rings. The number of carboxylic acids is 1. The first-order valence-electron chi connectivity index (χ1n) is 6.87. The van der Waals surface area contributed by atoms with E-state index in [9.17, 15) is 9.90 Å². The van der Waals surface area contributed by atoms with Gasteiger partial charge >= 0.3 is 5.97 Å². The van der Waals surface area contributed by atoms with E-state index in [1.165, 1.54) is 0 Å². The summed E-state index contributed by atoms with van der Waals surface area (Å²) in [5.41, 5.74) is 4.79. The average molecular weight is 356 g/mol. The minimum Gasteiger partial charge on any atom is -0.478 e. The Morgan fingerprint density at radius 3 is 2.59 bits per heavy atom. The van der Waals surface area contributed by atoms with Gasteiger partial charge < -0.3 is 5.11 Å². The number of rotatable bonds is 2. The Balaban J connectivity index is 2.34. The summed E-state index contributed by atoms with van der Waals surface area (Å²) in [6, 6.07) is 13.2. The second-order valence-electron chi connectivity index (χ2n) is 5.34. The Hall–Kier alpha value is -2.20. The zero-order chi connectivity index (χ0) is 15.9. The fraction of sp³-hybridized carbons (Fsp3) is 0.111. The summed E-state index contributed by atoms with van der Waals surface area (Å²) in [5, 5.41) is 10.2. The highest BCUT2D eigenvalue weighted by Crippen LogP contribution is 2.29. The number of nitrogens with zero attached hydrogens (tertiary/aromatic N) is 1. The van der Waals surface area contributed by atoms with E-state index in [4.69, 9.17) is 0 Å². The second-order valence-corrected chi connectivity index (χ2v) is 6.26. The van der Waals surface area contributed by atoms with Gasteiger partial charge in [-0.3, -0.25) is 0 Å². The molecule has 3 nitrogen and oxygen atoms in total. The fourth-order valence-corrected chi connectivity index (χ4v) is 2.89. The molecule has 2 aromatic carbocycles. The van der Waals surface area contributed by atoms with E-state index in [0.717, 1.165) is 21.2 Å². The molecule has 0 saturated heterocycles. The minimum absolute atomic E-state index is 0.266. The van der Waals surface area contributed by atoms with Crippen molar-refractivity contribution in [2.24, 2.45) is 0 Å². The van der Waals surface area contributed by atoms with E-state index in [1.54, 1.807) is 12.1 Å². The van der Waals surface area contributed by atoms with E-state index >= 15 is 0 Å². The quantitative estimate of drug-likeness (QED) is 0.705. The van der Waals surface area contributed by atoms with Gasteiger partial charge in [-0.25, -0.2) is 9.78 Å². The van der Waals surface area contributed by atoms with Crippen molar-refractivity contribution >= 4 is 32.8 Å². The molecular weight excluding hydrogens is 342 g/mol. The zero-order valence-corrected chi connectivity index (χ0v) is 13.8. The van der Waals surface area contributed by atoms with E-state index in [-0.39, 0.29) is 5.56 Å². The maximum atomic E-state index is 11.6. The number of halogens is 1. The van der Waals surface area contributed by atoms with Crippen molar-refractivity contribution in [3.05, 3.63) is 63.6 Å². The lowest BCUT2D eigenvalue weighted by atomic mass is 9.99. The van der Waals surface area contributed by atoms with Crippen LogP contribution in [0.15, 0.2) is 46.9 Å². The lowest BCUT2D eigenvalue weighted by Gasteiger charge is -2.10. The molecule has 0 unspecified atom stereocenters. The standard InChI is InChI=1S/C18H14BrNO2/c1-10-3-4-11(2)13(7-10)17-9-15(18(21)22)14-8-12(19)5-6-16(14)20-17/h3-9H,1-2H3,(H,21,22). The first kappa shape index (κ1) is 14.7. The van der Waals surface area contributed by atoms with Crippen LogP contribution in [0.3, 0.4) is 0 Å². The van der Waals surface area contributed by atoms with E-state index in [2.05, 4.69) is 20.9 Å². The number of hydrogen-bond acceptors (Lipinski definition) is 2. The third-order valence-corrected chi connectivity index (χ3v) is 4.16. The van der Waals surface area contributed by atoms with Gasteiger partial charge in [0.15, 0.2) is 0 Å². The van der Waals surface area contributed by atoms with Crippen LogP contribution in [0.1, 0.15) is 21.5 Å². The molecule has 0 aliphatic carbocycles. The van der Waals surface area contributed by atoms with Crippen LogP contribution in [-0.4, -0.2) is 16.1 Å². The maximum Gasteiger partial charge on any atom is 0.336 e. The topological polar surface area (TPSA) is 50.2 Å². The summed E-state index contributed by atoms with van der Waals surface area (Å²) >= 11 is 3.38. The fourth-order valence-electron chi connectivity index (χ4n) is 2.52. The number of aryl methyl sites for hydroxylation is 2. The molecule has 0 saturated carbocycles. The van der Waals surface area contributed by atoms with Gasteiger partial charge in [0.2, 0.25) is 0 Å². The minimum atomic E-state index is -0.947. The Bertz CT molecular complexity index is 903. The molecule has 0 spiro atoms.